The van der Waals surface area contributed by atoms with Crippen molar-refractivity contribution in [3.63, 3.8) is 0 Å². The molecule has 0 saturated carbocycles. The molecule has 0 aliphatic carbocycles. The smallest absolute Gasteiger partial charge is 0.166 e. The van der Waals surface area contributed by atoms with E-state index in [-0.39, 0.29) is 35.0 Å². The van der Waals surface area contributed by atoms with Crippen molar-refractivity contribution in [3.8, 4) is 0 Å². The summed E-state index contributed by atoms with van der Waals surface area (Å²) in [6.45, 7) is 16.5. The predicted molar refractivity (Wildman–Crippen MR) is 121 cm³/mol. The Labute approximate surface area is 177 Å². The highest BCUT2D eigenvalue weighted by molar-refractivity contribution is 6.08. The van der Waals surface area contributed by atoms with Crippen LogP contribution < -0.4 is 0 Å². The number of Topliss-reactive ketones (excluding diaryl/α,β-unsaturated/α-hetero) is 4. The second-order valence-electron chi connectivity index (χ2n) is 7.74. The third-order valence-electron chi connectivity index (χ3n) is 4.50. The molecule has 1 rings (SSSR count). The topological polar surface area (TPSA) is 68.3 Å². The van der Waals surface area contributed by atoms with Gasteiger partial charge in [0.2, 0.25) is 0 Å². The van der Waals surface area contributed by atoms with Gasteiger partial charge in [0.25, 0.3) is 0 Å². The molecule has 4 nitrogen and oxygen atoms in total. The lowest BCUT2D eigenvalue weighted by atomic mass is 9.91. The molecule has 164 valence electrons. The number of hydrogen-bond acceptors (Lipinski definition) is 4. The molecule has 0 aliphatic rings. The predicted octanol–water partition coefficient (Wildman–Crippen LogP) is 6.42. The first kappa shape index (κ1) is 29.1. The lowest BCUT2D eigenvalue weighted by Crippen LogP contribution is -2.14. The fourth-order valence-electron chi connectivity index (χ4n) is 2.24. The zero-order valence-electron chi connectivity index (χ0n) is 19.8. The van der Waals surface area contributed by atoms with Crippen LogP contribution in [0.4, 0.5) is 0 Å². The maximum absolute atomic E-state index is 12.1. The van der Waals surface area contributed by atoms with Crippen LogP contribution in [0, 0.1) is 18.8 Å². The van der Waals surface area contributed by atoms with E-state index >= 15 is 0 Å². The molecule has 0 saturated heterocycles. The highest BCUT2D eigenvalue weighted by atomic mass is 16.1. The van der Waals surface area contributed by atoms with E-state index in [9.17, 15) is 19.2 Å². The van der Waals surface area contributed by atoms with Gasteiger partial charge in [-0.2, -0.15) is 0 Å². The Bertz CT molecular complexity index is 673. The molecule has 1 aromatic rings. The lowest BCUT2D eigenvalue weighted by Gasteiger charge is -2.11. The van der Waals surface area contributed by atoms with Crippen LogP contribution in [0.25, 0.3) is 0 Å². The number of benzene rings is 1. The molecule has 2 unspecified atom stereocenters. The lowest BCUT2D eigenvalue weighted by molar-refractivity contribution is -0.121. The van der Waals surface area contributed by atoms with Crippen LogP contribution in [-0.4, -0.2) is 23.1 Å². The van der Waals surface area contributed by atoms with Crippen molar-refractivity contribution in [1.29, 1.82) is 0 Å². The van der Waals surface area contributed by atoms with Gasteiger partial charge in [-0.1, -0.05) is 58.7 Å². The van der Waals surface area contributed by atoms with Crippen molar-refractivity contribution in [2.75, 3.05) is 0 Å². The van der Waals surface area contributed by atoms with Gasteiger partial charge in [-0.15, -0.1) is 0 Å². The molecular weight excluding hydrogens is 364 g/mol. The maximum Gasteiger partial charge on any atom is 0.166 e. The molecule has 0 aliphatic heterocycles. The van der Waals surface area contributed by atoms with E-state index < -0.39 is 0 Å². The number of carbonyl (C=O) groups excluding carboxylic acids is 4. The van der Waals surface area contributed by atoms with Crippen LogP contribution in [0.3, 0.4) is 0 Å². The normalized spacial score (nSPS) is 11.8. The summed E-state index contributed by atoms with van der Waals surface area (Å²) >= 11 is 0. The van der Waals surface area contributed by atoms with Gasteiger partial charge >= 0.3 is 0 Å². The van der Waals surface area contributed by atoms with Gasteiger partial charge in [-0.05, 0) is 46.6 Å². The van der Waals surface area contributed by atoms with E-state index in [2.05, 4.69) is 13.8 Å². The van der Waals surface area contributed by atoms with Gasteiger partial charge in [0.05, 0.1) is 0 Å². The number of carbonyl (C=O) groups is 4. The Morgan fingerprint density at radius 1 is 0.862 bits per heavy atom. The first-order chi connectivity index (χ1) is 13.4. The van der Waals surface area contributed by atoms with E-state index in [0.29, 0.717) is 24.0 Å². The summed E-state index contributed by atoms with van der Waals surface area (Å²) in [6, 6.07) is 5.43. The Balaban J connectivity index is 0. The fourth-order valence-corrected chi connectivity index (χ4v) is 2.24. The highest BCUT2D eigenvalue weighted by Crippen LogP contribution is 2.18. The van der Waals surface area contributed by atoms with E-state index in [1.54, 1.807) is 26.0 Å². The van der Waals surface area contributed by atoms with E-state index in [0.717, 1.165) is 12.0 Å². The zero-order chi connectivity index (χ0) is 23.1. The Kier molecular flexibility index (Phi) is 15.8. The molecular formula is C25H40O4. The van der Waals surface area contributed by atoms with E-state index in [1.165, 1.54) is 13.3 Å². The molecule has 0 N–H and O–H groups in total. The van der Waals surface area contributed by atoms with Gasteiger partial charge in [0, 0.05) is 29.4 Å². The summed E-state index contributed by atoms with van der Waals surface area (Å²) < 4.78 is 0. The van der Waals surface area contributed by atoms with Gasteiger partial charge in [0.1, 0.15) is 11.6 Å². The molecule has 1 aromatic carbocycles. The van der Waals surface area contributed by atoms with Crippen LogP contribution in [0.5, 0.6) is 0 Å². The maximum atomic E-state index is 12.1. The van der Waals surface area contributed by atoms with Crippen molar-refractivity contribution in [2.24, 2.45) is 11.8 Å². The average Bonchev–Trinajstić information content (AvgIpc) is 2.65. The largest absolute Gasteiger partial charge is 0.300 e. The van der Waals surface area contributed by atoms with Crippen molar-refractivity contribution in [2.45, 2.75) is 88.0 Å². The van der Waals surface area contributed by atoms with Crippen LogP contribution in [0.15, 0.2) is 18.2 Å². The molecule has 0 aromatic heterocycles. The van der Waals surface area contributed by atoms with Crippen molar-refractivity contribution in [3.05, 3.63) is 34.9 Å². The summed E-state index contributed by atoms with van der Waals surface area (Å²) in [5.74, 6) is 0.363. The zero-order valence-corrected chi connectivity index (χ0v) is 19.8. The highest BCUT2D eigenvalue weighted by Gasteiger charge is 2.18. The Hall–Kier alpha value is -2.10. The molecule has 0 heterocycles. The number of rotatable bonds is 8. The summed E-state index contributed by atoms with van der Waals surface area (Å²) in [5.41, 5.74) is 2.11. The van der Waals surface area contributed by atoms with Crippen LogP contribution in [0.1, 0.15) is 107 Å². The molecule has 2 atom stereocenters. The quantitative estimate of drug-likeness (QED) is 0.469. The molecule has 0 spiro atoms. The van der Waals surface area contributed by atoms with Crippen LogP contribution in [0.2, 0.25) is 0 Å². The van der Waals surface area contributed by atoms with Gasteiger partial charge in [-0.3, -0.25) is 14.4 Å². The third-order valence-corrected chi connectivity index (χ3v) is 4.50. The molecule has 0 fully saturated rings. The number of aryl methyl sites for hydroxylation is 1. The van der Waals surface area contributed by atoms with E-state index in [4.69, 9.17) is 0 Å². The van der Waals surface area contributed by atoms with Crippen molar-refractivity contribution in [1.82, 2.24) is 0 Å². The van der Waals surface area contributed by atoms with Crippen molar-refractivity contribution < 1.29 is 19.2 Å². The Morgan fingerprint density at radius 2 is 1.38 bits per heavy atom. The molecule has 29 heavy (non-hydrogen) atoms. The van der Waals surface area contributed by atoms with Gasteiger partial charge in [0.15, 0.2) is 11.6 Å². The summed E-state index contributed by atoms with van der Waals surface area (Å²) in [7, 11) is 0. The minimum atomic E-state index is -0.0460. The molecule has 0 bridgehead atoms. The van der Waals surface area contributed by atoms with E-state index in [1.807, 2.05) is 33.8 Å². The molecule has 4 heteroatoms. The second kappa shape index (κ2) is 15.8. The van der Waals surface area contributed by atoms with Gasteiger partial charge < -0.3 is 4.79 Å². The first-order valence-electron chi connectivity index (χ1n) is 10.6. The minimum Gasteiger partial charge on any atom is -0.300 e. The molecule has 0 radical (unpaired) electrons. The monoisotopic (exact) mass is 404 g/mol. The third kappa shape index (κ3) is 12.9. The summed E-state index contributed by atoms with van der Waals surface area (Å²) in [5, 5.41) is 0. The van der Waals surface area contributed by atoms with Gasteiger partial charge in [-0.25, -0.2) is 0 Å². The fraction of sp³-hybridized carbons (Fsp3) is 0.600. The standard InChI is InChI=1S/C14H18O2.C8H14O2.C3H8/c1-5-10(3)14(16)12-7-6-9(2)8-13(12)11(4)15;1-6(8(3)10)4-5-7(2)9;1-3-2/h6-8,10H,5H2,1-4H3;6H,4-5H2,1-3H3;3H2,1-2H3. The summed E-state index contributed by atoms with van der Waals surface area (Å²) in [6.07, 6.45) is 3.27. The number of ketones is 4. The first-order valence-corrected chi connectivity index (χ1v) is 10.6. The summed E-state index contributed by atoms with van der Waals surface area (Å²) in [4.78, 5) is 44.6. The van der Waals surface area contributed by atoms with Crippen LogP contribution in [-0.2, 0) is 9.59 Å². The van der Waals surface area contributed by atoms with Crippen LogP contribution >= 0.6 is 0 Å². The average molecular weight is 405 g/mol. The number of hydrogen-bond donors (Lipinski definition) is 0. The second-order valence-corrected chi connectivity index (χ2v) is 7.74. The Morgan fingerprint density at radius 3 is 1.76 bits per heavy atom. The van der Waals surface area contributed by atoms with Crippen molar-refractivity contribution >= 4 is 23.1 Å². The SMILES string of the molecule is CC(=O)CCC(C)C(C)=O.CCC.CCC(C)C(=O)c1ccc(C)cc1C(C)=O. The molecule has 0 amide bonds. The minimum absolute atomic E-state index is 0.0270.